The third kappa shape index (κ3) is 2.27. The highest BCUT2D eigenvalue weighted by molar-refractivity contribution is 7.12. The number of halogens is 1. The first-order valence-corrected chi connectivity index (χ1v) is 6.31. The molecule has 1 aliphatic heterocycles. The highest BCUT2D eigenvalue weighted by Crippen LogP contribution is 2.41. The zero-order valence-corrected chi connectivity index (χ0v) is 11.1. The molecule has 1 saturated heterocycles. The van der Waals surface area contributed by atoms with Crippen molar-refractivity contribution in [3.8, 4) is 5.75 Å². The molecule has 1 aromatic heterocycles. The molecule has 0 spiro atoms. The molecular weight excluding hydrogens is 260 g/mol. The van der Waals surface area contributed by atoms with Gasteiger partial charge in [0.25, 0.3) is 5.91 Å². The second-order valence-electron chi connectivity index (χ2n) is 4.34. The first-order valence-electron chi connectivity index (χ1n) is 5.43. The Labute approximate surface area is 110 Å². The number of nitrogens with one attached hydrogen (secondary N) is 2. The first kappa shape index (κ1) is 12.7. The fraction of sp³-hybridized carbons (Fsp3) is 0.545. The van der Waals surface area contributed by atoms with E-state index in [-0.39, 0.29) is 18.3 Å². The lowest BCUT2D eigenvalue weighted by atomic mass is 10.4. The fourth-order valence-electron chi connectivity index (χ4n) is 2.40. The number of piperidine rings is 1. The minimum absolute atomic E-state index is 0. The highest BCUT2D eigenvalue weighted by atomic mass is 35.5. The van der Waals surface area contributed by atoms with Gasteiger partial charge in [-0.15, -0.1) is 23.7 Å². The van der Waals surface area contributed by atoms with Gasteiger partial charge in [-0.1, -0.05) is 0 Å². The first-order chi connectivity index (χ1) is 7.79. The summed E-state index contributed by atoms with van der Waals surface area (Å²) in [5.41, 5.74) is 0. The van der Waals surface area contributed by atoms with Gasteiger partial charge in [0.15, 0.2) is 0 Å². The predicted octanol–water partition coefficient (Wildman–Crippen LogP) is 1.13. The number of fused-ring (bicyclic) bond motifs is 1. The van der Waals surface area contributed by atoms with Crippen molar-refractivity contribution in [3.05, 3.63) is 16.3 Å². The van der Waals surface area contributed by atoms with Crippen LogP contribution in [0.2, 0.25) is 0 Å². The molecule has 4 nitrogen and oxygen atoms in total. The molecule has 1 amide bonds. The molecular formula is C11H15ClN2O2S. The van der Waals surface area contributed by atoms with Gasteiger partial charge in [0.1, 0.15) is 5.75 Å². The maximum Gasteiger partial charge on any atom is 0.261 e. The quantitative estimate of drug-likeness (QED) is 0.869. The van der Waals surface area contributed by atoms with Gasteiger partial charge in [0, 0.05) is 30.6 Å². The summed E-state index contributed by atoms with van der Waals surface area (Å²) in [7, 11) is 1.61. The number of thiophene rings is 1. The van der Waals surface area contributed by atoms with Crippen molar-refractivity contribution >= 4 is 29.7 Å². The van der Waals surface area contributed by atoms with E-state index < -0.39 is 0 Å². The van der Waals surface area contributed by atoms with E-state index >= 15 is 0 Å². The molecule has 2 heterocycles. The zero-order valence-electron chi connectivity index (χ0n) is 9.43. The molecule has 1 aliphatic carbocycles. The van der Waals surface area contributed by atoms with Crippen LogP contribution in [0.5, 0.6) is 5.75 Å². The number of carbonyl (C=O) groups is 1. The van der Waals surface area contributed by atoms with Crippen LogP contribution >= 0.6 is 23.7 Å². The van der Waals surface area contributed by atoms with Gasteiger partial charge in [-0.2, -0.15) is 0 Å². The van der Waals surface area contributed by atoms with Crippen molar-refractivity contribution in [2.45, 2.75) is 6.04 Å². The van der Waals surface area contributed by atoms with Crippen molar-refractivity contribution in [3.63, 3.8) is 0 Å². The van der Waals surface area contributed by atoms with Crippen LogP contribution in [0.25, 0.3) is 0 Å². The second kappa shape index (κ2) is 4.84. The monoisotopic (exact) mass is 274 g/mol. The van der Waals surface area contributed by atoms with Gasteiger partial charge in [0.05, 0.1) is 12.0 Å². The van der Waals surface area contributed by atoms with Gasteiger partial charge < -0.3 is 15.4 Å². The molecule has 0 aromatic carbocycles. The summed E-state index contributed by atoms with van der Waals surface area (Å²) >= 11 is 1.43. The van der Waals surface area contributed by atoms with E-state index in [0.717, 1.165) is 23.7 Å². The number of hydrogen-bond acceptors (Lipinski definition) is 4. The topological polar surface area (TPSA) is 50.4 Å². The summed E-state index contributed by atoms with van der Waals surface area (Å²) in [6.45, 7) is 2.09. The Bertz CT molecular complexity index is 413. The maximum absolute atomic E-state index is 11.9. The second-order valence-corrected chi connectivity index (χ2v) is 5.25. The number of carbonyl (C=O) groups excluding carboxylic acids is 1. The molecule has 0 bridgehead atoms. The number of methoxy groups -OCH3 is 1. The van der Waals surface area contributed by atoms with Crippen LogP contribution in [0, 0.1) is 11.8 Å². The number of amides is 1. The van der Waals surface area contributed by atoms with Gasteiger partial charge in [-0.25, -0.2) is 0 Å². The van der Waals surface area contributed by atoms with Crippen LogP contribution in [-0.4, -0.2) is 32.1 Å². The summed E-state index contributed by atoms with van der Waals surface area (Å²) in [4.78, 5) is 12.6. The van der Waals surface area contributed by atoms with Gasteiger partial charge in [-0.05, 0) is 11.8 Å². The molecule has 0 radical (unpaired) electrons. The third-order valence-electron chi connectivity index (χ3n) is 3.42. The number of ether oxygens (including phenoxy) is 1. The lowest BCUT2D eigenvalue weighted by Crippen LogP contribution is -2.32. The smallest absolute Gasteiger partial charge is 0.261 e. The van der Waals surface area contributed by atoms with Crippen LogP contribution in [0.1, 0.15) is 9.67 Å². The molecule has 2 aliphatic rings. The maximum atomic E-state index is 11.9. The Morgan fingerprint density at radius 1 is 1.53 bits per heavy atom. The Balaban J connectivity index is 0.00000108. The standard InChI is InChI=1S/C11H14N2O2S.ClH/c1-15-6-2-9(16-5-6)11(14)13-10-7-3-12-4-8(7)10;/h2,5,7-8,10,12H,3-4H2,1H3,(H,13,14);1H. The molecule has 2 unspecified atom stereocenters. The van der Waals surface area contributed by atoms with E-state index in [1.54, 1.807) is 13.2 Å². The zero-order chi connectivity index (χ0) is 11.1. The Hall–Kier alpha value is -0.780. The van der Waals surface area contributed by atoms with Crippen molar-refractivity contribution in [1.82, 2.24) is 10.6 Å². The molecule has 2 fully saturated rings. The average Bonchev–Trinajstić information content (AvgIpc) is 2.81. The van der Waals surface area contributed by atoms with E-state index in [2.05, 4.69) is 10.6 Å². The Morgan fingerprint density at radius 3 is 2.82 bits per heavy atom. The van der Waals surface area contributed by atoms with Crippen molar-refractivity contribution < 1.29 is 9.53 Å². The number of rotatable bonds is 3. The molecule has 17 heavy (non-hydrogen) atoms. The lowest BCUT2D eigenvalue weighted by Gasteiger charge is -2.05. The minimum Gasteiger partial charge on any atom is -0.496 e. The van der Waals surface area contributed by atoms with Crippen molar-refractivity contribution in [2.24, 2.45) is 11.8 Å². The normalized spacial score (nSPS) is 29.1. The fourth-order valence-corrected chi connectivity index (χ4v) is 3.16. The third-order valence-corrected chi connectivity index (χ3v) is 4.33. The SMILES string of the molecule is COc1csc(C(=O)NC2C3CNCC32)c1.Cl. The molecule has 1 saturated carbocycles. The lowest BCUT2D eigenvalue weighted by molar-refractivity contribution is 0.0950. The summed E-state index contributed by atoms with van der Waals surface area (Å²) in [6.07, 6.45) is 0. The minimum atomic E-state index is 0. The number of hydrogen-bond donors (Lipinski definition) is 2. The summed E-state index contributed by atoms with van der Waals surface area (Å²) in [6, 6.07) is 2.18. The molecule has 94 valence electrons. The van der Waals surface area contributed by atoms with Gasteiger partial charge >= 0.3 is 0 Å². The van der Waals surface area contributed by atoms with Crippen LogP contribution < -0.4 is 15.4 Å². The molecule has 3 rings (SSSR count). The van der Waals surface area contributed by atoms with E-state index in [4.69, 9.17) is 4.74 Å². The summed E-state index contributed by atoms with van der Waals surface area (Å²) < 4.78 is 5.06. The molecule has 2 atom stereocenters. The van der Waals surface area contributed by atoms with E-state index in [9.17, 15) is 4.79 Å². The highest BCUT2D eigenvalue weighted by Gasteiger charge is 2.53. The van der Waals surface area contributed by atoms with Crippen LogP contribution in [0.4, 0.5) is 0 Å². The van der Waals surface area contributed by atoms with E-state index in [1.807, 2.05) is 5.38 Å². The van der Waals surface area contributed by atoms with Gasteiger partial charge in [-0.3, -0.25) is 4.79 Å². The Kier molecular flexibility index (Phi) is 3.61. The van der Waals surface area contributed by atoms with Crippen LogP contribution in [0.3, 0.4) is 0 Å². The van der Waals surface area contributed by atoms with E-state index in [0.29, 0.717) is 17.9 Å². The predicted molar refractivity (Wildman–Crippen MR) is 69.2 cm³/mol. The average molecular weight is 275 g/mol. The molecule has 1 aromatic rings. The summed E-state index contributed by atoms with van der Waals surface area (Å²) in [5.74, 6) is 2.11. The van der Waals surface area contributed by atoms with Gasteiger partial charge in [0.2, 0.25) is 0 Å². The van der Waals surface area contributed by atoms with Crippen LogP contribution in [0.15, 0.2) is 11.4 Å². The summed E-state index contributed by atoms with van der Waals surface area (Å²) in [5, 5.41) is 8.25. The molecule has 2 N–H and O–H groups in total. The largest absolute Gasteiger partial charge is 0.496 e. The molecule has 6 heteroatoms. The van der Waals surface area contributed by atoms with Crippen molar-refractivity contribution in [1.29, 1.82) is 0 Å². The van der Waals surface area contributed by atoms with Crippen molar-refractivity contribution in [2.75, 3.05) is 20.2 Å². The van der Waals surface area contributed by atoms with Crippen LogP contribution in [-0.2, 0) is 0 Å². The van der Waals surface area contributed by atoms with E-state index in [1.165, 1.54) is 11.3 Å². The Morgan fingerprint density at radius 2 is 2.24 bits per heavy atom.